The summed E-state index contributed by atoms with van der Waals surface area (Å²) in [6.07, 6.45) is 1.56. The van der Waals surface area contributed by atoms with Crippen molar-refractivity contribution in [1.29, 1.82) is 0 Å². The van der Waals surface area contributed by atoms with Crippen LogP contribution in [0, 0.1) is 6.92 Å². The number of nitrogens with one attached hydrogen (secondary N) is 3. The molecule has 2 heterocycles. The first kappa shape index (κ1) is 14.9. The highest BCUT2D eigenvalue weighted by Crippen LogP contribution is 2.01. The Morgan fingerprint density at radius 1 is 1.50 bits per heavy atom. The normalized spacial score (nSPS) is 16.1. The molecule has 1 aromatic heterocycles. The molecular formula is C11H20ClN5O. The highest BCUT2D eigenvalue weighted by Gasteiger charge is 2.12. The van der Waals surface area contributed by atoms with Crippen LogP contribution in [0.2, 0.25) is 0 Å². The Hall–Kier alpha value is -1.11. The summed E-state index contributed by atoms with van der Waals surface area (Å²) >= 11 is 0. The Kier molecular flexibility index (Phi) is 6.11. The number of halogens is 1. The van der Waals surface area contributed by atoms with E-state index in [1.165, 1.54) is 0 Å². The predicted octanol–water partition coefficient (Wildman–Crippen LogP) is -0.225. The van der Waals surface area contributed by atoms with Gasteiger partial charge in [-0.3, -0.25) is 14.8 Å². The van der Waals surface area contributed by atoms with Gasteiger partial charge in [0.05, 0.1) is 11.8 Å². The van der Waals surface area contributed by atoms with Crippen molar-refractivity contribution in [2.45, 2.75) is 6.92 Å². The van der Waals surface area contributed by atoms with Crippen molar-refractivity contribution < 1.29 is 4.79 Å². The van der Waals surface area contributed by atoms with Gasteiger partial charge in [0.15, 0.2) is 0 Å². The van der Waals surface area contributed by atoms with Crippen molar-refractivity contribution in [3.8, 4) is 0 Å². The van der Waals surface area contributed by atoms with Crippen molar-refractivity contribution in [2.75, 3.05) is 39.3 Å². The number of hydrogen-bond donors (Lipinski definition) is 3. The lowest BCUT2D eigenvalue weighted by molar-refractivity contribution is 0.0946. The van der Waals surface area contributed by atoms with Crippen LogP contribution in [0.4, 0.5) is 0 Å². The smallest absolute Gasteiger partial charge is 0.254 e. The second-order valence-corrected chi connectivity index (χ2v) is 4.26. The number of aryl methyl sites for hydroxylation is 1. The first-order valence-electron chi connectivity index (χ1n) is 5.98. The van der Waals surface area contributed by atoms with Crippen LogP contribution in [0.15, 0.2) is 6.20 Å². The van der Waals surface area contributed by atoms with E-state index in [1.54, 1.807) is 6.20 Å². The summed E-state index contributed by atoms with van der Waals surface area (Å²) in [6.45, 7) is 7.62. The van der Waals surface area contributed by atoms with E-state index in [0.717, 1.165) is 38.4 Å². The number of piperazine rings is 1. The topological polar surface area (TPSA) is 73.0 Å². The Morgan fingerprint density at radius 2 is 2.22 bits per heavy atom. The average Bonchev–Trinajstić information content (AvgIpc) is 2.77. The van der Waals surface area contributed by atoms with Gasteiger partial charge in [-0.15, -0.1) is 12.4 Å². The Bertz CT molecular complexity index is 375. The van der Waals surface area contributed by atoms with Crippen LogP contribution < -0.4 is 10.6 Å². The van der Waals surface area contributed by atoms with Crippen LogP contribution in [-0.2, 0) is 0 Å². The number of nitrogens with zero attached hydrogens (tertiary/aromatic N) is 2. The molecule has 1 aliphatic rings. The summed E-state index contributed by atoms with van der Waals surface area (Å²) in [5.41, 5.74) is 1.44. The molecule has 0 bridgehead atoms. The Morgan fingerprint density at radius 3 is 2.83 bits per heavy atom. The van der Waals surface area contributed by atoms with Gasteiger partial charge in [-0.2, -0.15) is 5.10 Å². The number of H-pyrrole nitrogens is 1. The largest absolute Gasteiger partial charge is 0.351 e. The zero-order valence-electron chi connectivity index (χ0n) is 10.5. The van der Waals surface area contributed by atoms with Gasteiger partial charge in [0.1, 0.15) is 0 Å². The summed E-state index contributed by atoms with van der Waals surface area (Å²) in [4.78, 5) is 14.1. The predicted molar refractivity (Wildman–Crippen MR) is 72.2 cm³/mol. The molecule has 0 aliphatic carbocycles. The van der Waals surface area contributed by atoms with Gasteiger partial charge < -0.3 is 10.6 Å². The third kappa shape index (κ3) is 3.97. The summed E-state index contributed by atoms with van der Waals surface area (Å²) in [5, 5.41) is 12.8. The summed E-state index contributed by atoms with van der Waals surface area (Å²) < 4.78 is 0. The first-order valence-corrected chi connectivity index (χ1v) is 5.98. The minimum absolute atomic E-state index is 0. The van der Waals surface area contributed by atoms with Crippen molar-refractivity contribution in [1.82, 2.24) is 25.7 Å². The maximum Gasteiger partial charge on any atom is 0.254 e. The Balaban J connectivity index is 0.00000162. The van der Waals surface area contributed by atoms with E-state index in [4.69, 9.17) is 0 Å². The number of aromatic nitrogens is 2. The minimum atomic E-state index is -0.0496. The molecular weight excluding hydrogens is 254 g/mol. The maximum atomic E-state index is 11.8. The molecule has 7 heteroatoms. The van der Waals surface area contributed by atoms with Crippen molar-refractivity contribution in [3.05, 3.63) is 17.5 Å². The van der Waals surface area contributed by atoms with E-state index in [0.29, 0.717) is 12.1 Å². The van der Waals surface area contributed by atoms with Gasteiger partial charge in [-0.25, -0.2) is 0 Å². The van der Waals surface area contributed by atoms with Gasteiger partial charge >= 0.3 is 0 Å². The Labute approximate surface area is 113 Å². The van der Waals surface area contributed by atoms with Gasteiger partial charge in [0.2, 0.25) is 0 Å². The average molecular weight is 274 g/mol. The second kappa shape index (κ2) is 7.35. The summed E-state index contributed by atoms with van der Waals surface area (Å²) in [6, 6.07) is 0. The van der Waals surface area contributed by atoms with E-state index in [1.807, 2.05) is 6.92 Å². The maximum absolute atomic E-state index is 11.8. The van der Waals surface area contributed by atoms with Gasteiger partial charge in [0, 0.05) is 45.0 Å². The molecule has 1 amide bonds. The molecule has 0 radical (unpaired) electrons. The molecule has 2 rings (SSSR count). The molecule has 6 nitrogen and oxygen atoms in total. The fourth-order valence-electron chi connectivity index (χ4n) is 1.94. The van der Waals surface area contributed by atoms with Crippen molar-refractivity contribution in [2.24, 2.45) is 0 Å². The van der Waals surface area contributed by atoms with Gasteiger partial charge in [0.25, 0.3) is 5.91 Å². The molecule has 18 heavy (non-hydrogen) atoms. The van der Waals surface area contributed by atoms with Crippen molar-refractivity contribution >= 4 is 18.3 Å². The van der Waals surface area contributed by atoms with Crippen LogP contribution in [0.25, 0.3) is 0 Å². The lowest BCUT2D eigenvalue weighted by Gasteiger charge is -2.27. The molecule has 0 unspecified atom stereocenters. The second-order valence-electron chi connectivity index (χ2n) is 4.26. The zero-order chi connectivity index (χ0) is 12.1. The van der Waals surface area contributed by atoms with Crippen LogP contribution in [0.1, 0.15) is 16.1 Å². The number of rotatable bonds is 4. The number of carbonyl (C=O) groups excluding carboxylic acids is 1. The van der Waals surface area contributed by atoms with Crippen LogP contribution in [0.5, 0.6) is 0 Å². The highest BCUT2D eigenvalue weighted by molar-refractivity contribution is 5.94. The molecule has 1 aliphatic heterocycles. The molecule has 3 N–H and O–H groups in total. The van der Waals surface area contributed by atoms with Crippen molar-refractivity contribution in [3.63, 3.8) is 0 Å². The summed E-state index contributed by atoms with van der Waals surface area (Å²) in [7, 11) is 0. The molecule has 0 aromatic carbocycles. The fraction of sp³-hybridized carbons (Fsp3) is 0.636. The molecule has 0 atom stereocenters. The molecule has 102 valence electrons. The lowest BCUT2D eigenvalue weighted by atomic mass is 10.2. The van der Waals surface area contributed by atoms with Gasteiger partial charge in [-0.1, -0.05) is 0 Å². The van der Waals surface area contributed by atoms with E-state index >= 15 is 0 Å². The van der Waals surface area contributed by atoms with Crippen LogP contribution in [-0.4, -0.2) is 60.3 Å². The van der Waals surface area contributed by atoms with E-state index in [9.17, 15) is 4.79 Å². The standard InChI is InChI=1S/C11H19N5O.ClH/c1-9-10(8-14-15-9)11(17)13-4-7-16-5-2-12-3-6-16;/h8,12H,2-7H2,1H3,(H,13,17)(H,14,15);1H. The third-order valence-electron chi connectivity index (χ3n) is 3.00. The third-order valence-corrected chi connectivity index (χ3v) is 3.00. The zero-order valence-corrected chi connectivity index (χ0v) is 11.3. The van der Waals surface area contributed by atoms with Gasteiger partial charge in [-0.05, 0) is 6.92 Å². The van der Waals surface area contributed by atoms with E-state index in [-0.39, 0.29) is 18.3 Å². The highest BCUT2D eigenvalue weighted by atomic mass is 35.5. The number of hydrogen-bond acceptors (Lipinski definition) is 4. The number of amides is 1. The molecule has 0 saturated carbocycles. The van der Waals surface area contributed by atoms with Crippen LogP contribution in [0.3, 0.4) is 0 Å². The summed E-state index contributed by atoms with van der Waals surface area (Å²) in [5.74, 6) is -0.0496. The monoisotopic (exact) mass is 273 g/mol. The molecule has 1 aromatic rings. The van der Waals surface area contributed by atoms with E-state index in [2.05, 4.69) is 25.7 Å². The van der Waals surface area contributed by atoms with E-state index < -0.39 is 0 Å². The lowest BCUT2D eigenvalue weighted by Crippen LogP contribution is -2.46. The minimum Gasteiger partial charge on any atom is -0.351 e. The van der Waals surface area contributed by atoms with Crippen LogP contribution >= 0.6 is 12.4 Å². The fourth-order valence-corrected chi connectivity index (χ4v) is 1.94. The number of aromatic amines is 1. The molecule has 1 saturated heterocycles. The molecule has 0 spiro atoms. The first-order chi connectivity index (χ1) is 8.27. The quantitative estimate of drug-likeness (QED) is 0.709. The number of carbonyl (C=O) groups is 1. The molecule has 1 fully saturated rings. The SMILES string of the molecule is Cc1[nH]ncc1C(=O)NCCN1CCNCC1.Cl.